The van der Waals surface area contributed by atoms with Crippen LogP contribution in [0.3, 0.4) is 0 Å². The zero-order valence-electron chi connectivity index (χ0n) is 16.6. The lowest BCUT2D eigenvalue weighted by molar-refractivity contribution is -0.167. The fraction of sp³-hybridized carbons (Fsp3) is 0.381. The Morgan fingerprint density at radius 2 is 1.86 bits per heavy atom. The van der Waals surface area contributed by atoms with Crippen molar-refractivity contribution in [1.82, 2.24) is 5.32 Å². The van der Waals surface area contributed by atoms with Crippen LogP contribution in [0.2, 0.25) is 0 Å². The molecule has 1 aromatic carbocycles. The number of hydrogen-bond donors (Lipinski definition) is 1. The van der Waals surface area contributed by atoms with Crippen LogP contribution >= 0.6 is 0 Å². The van der Waals surface area contributed by atoms with Gasteiger partial charge in [0.15, 0.2) is 0 Å². The van der Waals surface area contributed by atoms with E-state index in [1.807, 2.05) is 45.3 Å². The molecule has 0 saturated heterocycles. The fourth-order valence-electron chi connectivity index (χ4n) is 2.97. The molecule has 1 N–H and O–H groups in total. The van der Waals surface area contributed by atoms with Gasteiger partial charge in [-0.2, -0.15) is 0 Å². The summed E-state index contributed by atoms with van der Waals surface area (Å²) in [6.45, 7) is 2.31. The number of hydrogen-bond acceptors (Lipinski definition) is 7. The molecule has 7 nitrogen and oxygen atoms in total. The van der Waals surface area contributed by atoms with Gasteiger partial charge in [0.2, 0.25) is 6.29 Å². The second kappa shape index (κ2) is 12.5. The first-order valence-corrected chi connectivity index (χ1v) is 8.82. The Balaban J connectivity index is 0.000000296. The van der Waals surface area contributed by atoms with Gasteiger partial charge in [-0.05, 0) is 27.4 Å². The summed E-state index contributed by atoms with van der Waals surface area (Å²) >= 11 is 0. The van der Waals surface area contributed by atoms with Crippen molar-refractivity contribution in [3.05, 3.63) is 59.4 Å². The normalized spacial score (nSPS) is 21.6. The first-order valence-electron chi connectivity index (χ1n) is 8.82. The molecule has 2 aliphatic rings. The highest BCUT2D eigenvalue weighted by Crippen LogP contribution is 2.43. The number of methoxy groups -OCH3 is 1. The van der Waals surface area contributed by atoms with Crippen LogP contribution in [-0.4, -0.2) is 46.2 Å². The Labute approximate surface area is 165 Å². The lowest BCUT2D eigenvalue weighted by Gasteiger charge is -2.32. The third-order valence-corrected chi connectivity index (χ3v) is 4.22. The van der Waals surface area contributed by atoms with E-state index in [2.05, 4.69) is 5.32 Å². The highest BCUT2D eigenvalue weighted by molar-refractivity contribution is 5.89. The van der Waals surface area contributed by atoms with Gasteiger partial charge in [-0.3, -0.25) is 9.59 Å². The van der Waals surface area contributed by atoms with Crippen LogP contribution in [-0.2, 0) is 23.8 Å². The van der Waals surface area contributed by atoms with Gasteiger partial charge < -0.3 is 19.5 Å². The maximum Gasteiger partial charge on any atom is 0.337 e. The topological polar surface area (TPSA) is 90.9 Å². The Morgan fingerprint density at radius 1 is 1.21 bits per heavy atom. The fourth-order valence-corrected chi connectivity index (χ4v) is 2.97. The largest absolute Gasteiger partial charge is 0.466 e. The minimum Gasteiger partial charge on any atom is -0.466 e. The van der Waals surface area contributed by atoms with E-state index in [1.165, 1.54) is 13.4 Å². The van der Waals surface area contributed by atoms with Gasteiger partial charge in [-0.15, -0.1) is 0 Å². The monoisotopic (exact) mass is 389 g/mol. The molecular weight excluding hydrogens is 362 g/mol. The van der Waals surface area contributed by atoms with Gasteiger partial charge >= 0.3 is 5.97 Å². The van der Waals surface area contributed by atoms with Crippen LogP contribution in [0.15, 0.2) is 53.8 Å². The Kier molecular flexibility index (Phi) is 10.3. The molecule has 1 heterocycles. The summed E-state index contributed by atoms with van der Waals surface area (Å²) in [5.41, 5.74) is 2.29. The van der Waals surface area contributed by atoms with Crippen molar-refractivity contribution >= 4 is 18.7 Å². The predicted octanol–water partition coefficient (Wildman–Crippen LogP) is 2.49. The summed E-state index contributed by atoms with van der Waals surface area (Å²) in [5.74, 6) is -0.520. The van der Waals surface area contributed by atoms with Gasteiger partial charge in [-0.1, -0.05) is 42.0 Å². The molecule has 152 valence electrons. The zero-order chi connectivity index (χ0) is 20.9. The molecule has 28 heavy (non-hydrogen) atoms. The van der Waals surface area contributed by atoms with Crippen molar-refractivity contribution < 1.29 is 28.6 Å². The van der Waals surface area contributed by atoms with Crippen LogP contribution in [0.4, 0.5) is 0 Å². The molecular formula is C21H27NO6. The van der Waals surface area contributed by atoms with E-state index in [0.717, 1.165) is 23.8 Å². The average Bonchev–Trinajstić information content (AvgIpc) is 3.12. The lowest BCUT2D eigenvalue weighted by Crippen LogP contribution is -2.36. The van der Waals surface area contributed by atoms with Crippen LogP contribution in [0.5, 0.6) is 0 Å². The second-order valence-corrected chi connectivity index (χ2v) is 6.15. The third kappa shape index (κ3) is 6.35. The van der Waals surface area contributed by atoms with E-state index in [4.69, 9.17) is 14.2 Å². The molecule has 3 unspecified atom stereocenters. The number of carbonyl (C=O) groups is 3. The quantitative estimate of drug-likeness (QED) is 0.481. The first-order chi connectivity index (χ1) is 13.5. The van der Waals surface area contributed by atoms with Crippen LogP contribution in [0, 0.1) is 11.8 Å². The Morgan fingerprint density at radius 3 is 2.36 bits per heavy atom. The van der Waals surface area contributed by atoms with Crippen LogP contribution < -0.4 is 5.32 Å². The summed E-state index contributed by atoms with van der Waals surface area (Å²) in [5, 5.41) is 2.75. The number of allylic oxidation sites excluding steroid dienone is 1. The van der Waals surface area contributed by atoms with Crippen LogP contribution in [0.1, 0.15) is 23.7 Å². The molecule has 3 rings (SSSR count). The molecule has 1 aliphatic heterocycles. The maximum atomic E-state index is 11.6. The van der Waals surface area contributed by atoms with E-state index in [1.54, 1.807) is 12.1 Å². The number of nitrogens with one attached hydrogen (secondary N) is 1. The lowest BCUT2D eigenvalue weighted by atomic mass is 9.84. The minimum atomic E-state index is -0.648. The molecule has 3 atom stereocenters. The van der Waals surface area contributed by atoms with Gasteiger partial charge in [0.25, 0.3) is 6.47 Å². The molecule has 0 saturated carbocycles. The van der Waals surface area contributed by atoms with Crippen molar-refractivity contribution in [2.75, 3.05) is 21.2 Å². The number of aldehydes is 1. The van der Waals surface area contributed by atoms with E-state index in [-0.39, 0.29) is 11.8 Å². The molecule has 0 radical (unpaired) electrons. The molecule has 0 fully saturated rings. The summed E-state index contributed by atoms with van der Waals surface area (Å²) in [7, 11) is 5.08. The summed E-state index contributed by atoms with van der Waals surface area (Å²) in [6.07, 6.45) is 4.29. The number of fused-ring (bicyclic) bond motifs is 1. The zero-order valence-corrected chi connectivity index (χ0v) is 16.6. The van der Waals surface area contributed by atoms with E-state index in [0.29, 0.717) is 12.0 Å². The standard InChI is InChI=1S/C12H14O5.C7H6O.C2H7N/c1-7-3-4-8-9(11(14)15-2)5-16-12(10(7)8)17-6-13;8-6-7-4-2-1-3-5-7;1-3-2/h3,5-6,8,10,12H,4H2,1-2H3;1-6H;3H,1-2H3. The van der Waals surface area contributed by atoms with Crippen molar-refractivity contribution in [2.24, 2.45) is 11.8 Å². The highest BCUT2D eigenvalue weighted by atomic mass is 16.7. The maximum absolute atomic E-state index is 11.6. The predicted molar refractivity (Wildman–Crippen MR) is 104 cm³/mol. The van der Waals surface area contributed by atoms with Gasteiger partial charge in [0, 0.05) is 11.5 Å². The first kappa shape index (κ1) is 23.1. The number of carbonyl (C=O) groups excluding carboxylic acids is 3. The van der Waals surface area contributed by atoms with Gasteiger partial charge in [-0.25, -0.2) is 4.79 Å². The Hall–Kier alpha value is -2.93. The van der Waals surface area contributed by atoms with Crippen molar-refractivity contribution in [1.29, 1.82) is 0 Å². The highest BCUT2D eigenvalue weighted by Gasteiger charge is 2.43. The molecule has 0 amide bonds. The SMILES string of the molecule is CNC.COC(=O)C1=COC(OC=O)C2C(C)=CCC12.O=Cc1ccccc1. The molecule has 1 aromatic rings. The van der Waals surface area contributed by atoms with E-state index in [9.17, 15) is 14.4 Å². The van der Waals surface area contributed by atoms with Crippen molar-refractivity contribution in [3.63, 3.8) is 0 Å². The smallest absolute Gasteiger partial charge is 0.337 e. The molecule has 0 bridgehead atoms. The average molecular weight is 389 g/mol. The Bertz CT molecular complexity index is 698. The van der Waals surface area contributed by atoms with Crippen LogP contribution in [0.25, 0.3) is 0 Å². The molecule has 1 aliphatic carbocycles. The van der Waals surface area contributed by atoms with E-state index < -0.39 is 12.3 Å². The summed E-state index contributed by atoms with van der Waals surface area (Å²) < 4.78 is 14.9. The number of benzene rings is 1. The van der Waals surface area contributed by atoms with Crippen molar-refractivity contribution in [3.8, 4) is 0 Å². The third-order valence-electron chi connectivity index (χ3n) is 4.22. The minimum absolute atomic E-state index is 0.0267. The van der Waals surface area contributed by atoms with Gasteiger partial charge in [0.05, 0.1) is 24.9 Å². The summed E-state index contributed by atoms with van der Waals surface area (Å²) in [6, 6.07) is 9.10. The molecule has 0 aromatic heterocycles. The second-order valence-electron chi connectivity index (χ2n) is 6.15. The molecule has 0 spiro atoms. The number of ether oxygens (including phenoxy) is 3. The number of esters is 1. The molecule has 7 heteroatoms. The summed E-state index contributed by atoms with van der Waals surface area (Å²) in [4.78, 5) is 32.0. The van der Waals surface area contributed by atoms with Crippen molar-refractivity contribution in [2.45, 2.75) is 19.6 Å². The van der Waals surface area contributed by atoms with E-state index >= 15 is 0 Å². The number of rotatable bonds is 4. The van der Waals surface area contributed by atoms with Gasteiger partial charge in [0.1, 0.15) is 6.29 Å².